The number of imidazole rings is 1. The zero-order valence-electron chi connectivity index (χ0n) is 29.4. The average Bonchev–Trinajstić information content (AvgIpc) is 3.80. The Bertz CT molecular complexity index is 2280. The highest BCUT2D eigenvalue weighted by Crippen LogP contribution is 2.33. The SMILES string of the molecule is COC(=O)c1ccc(CN(Cc2ccc(CN)cc2)C(=O)c2ccc3c(c2)nc(CCc2ccc(C(=N)N)cc2)n3Cc2ccc3c(c2)OCO3)cc1. The van der Waals surface area contributed by atoms with E-state index in [1.807, 2.05) is 97.1 Å². The van der Waals surface area contributed by atoms with Crippen molar-refractivity contribution in [1.82, 2.24) is 14.5 Å². The van der Waals surface area contributed by atoms with Crippen LogP contribution in [0.25, 0.3) is 11.0 Å². The second-order valence-electron chi connectivity index (χ2n) is 13.0. The van der Waals surface area contributed by atoms with Crippen molar-refractivity contribution in [3.8, 4) is 11.5 Å². The van der Waals surface area contributed by atoms with Gasteiger partial charge in [0, 0.05) is 43.7 Å². The minimum absolute atomic E-state index is 0.0342. The molecule has 11 heteroatoms. The van der Waals surface area contributed by atoms with E-state index in [2.05, 4.69) is 4.57 Å². The van der Waals surface area contributed by atoms with E-state index in [0.717, 1.165) is 51.3 Å². The molecule has 0 atom stereocenters. The lowest BCUT2D eigenvalue weighted by Crippen LogP contribution is -2.30. The summed E-state index contributed by atoms with van der Waals surface area (Å²) in [6, 6.07) is 34.3. The van der Waals surface area contributed by atoms with Crippen LogP contribution < -0.4 is 20.9 Å². The van der Waals surface area contributed by atoms with Gasteiger partial charge >= 0.3 is 5.97 Å². The molecule has 0 bridgehead atoms. The van der Waals surface area contributed by atoms with Crippen LogP contribution in [0.2, 0.25) is 0 Å². The van der Waals surface area contributed by atoms with Gasteiger partial charge in [0.1, 0.15) is 11.7 Å². The number of nitrogen functional groups attached to an aromatic ring is 1. The molecule has 0 unspecified atom stereocenters. The number of fused-ring (bicyclic) bond motifs is 2. The zero-order valence-corrected chi connectivity index (χ0v) is 29.4. The fourth-order valence-electron chi connectivity index (χ4n) is 6.48. The quantitative estimate of drug-likeness (QED) is 0.0752. The van der Waals surface area contributed by atoms with Gasteiger partial charge in [-0.15, -0.1) is 0 Å². The lowest BCUT2D eigenvalue weighted by molar-refractivity contribution is 0.0600. The number of benzene rings is 5. The third kappa shape index (κ3) is 7.90. The number of amidine groups is 1. The fraction of sp³-hybridized carbons (Fsp3) is 0.190. The molecule has 5 aromatic carbocycles. The second kappa shape index (κ2) is 15.4. The number of esters is 1. The van der Waals surface area contributed by atoms with Crippen LogP contribution in [-0.4, -0.2) is 46.1 Å². The monoisotopic (exact) mass is 708 g/mol. The van der Waals surface area contributed by atoms with Crippen LogP contribution in [0.3, 0.4) is 0 Å². The number of hydrogen-bond donors (Lipinski definition) is 3. The van der Waals surface area contributed by atoms with Crippen molar-refractivity contribution >= 4 is 28.7 Å². The van der Waals surface area contributed by atoms with Crippen molar-refractivity contribution in [3.05, 3.63) is 160 Å². The number of ether oxygens (including phenoxy) is 3. The van der Waals surface area contributed by atoms with E-state index >= 15 is 0 Å². The van der Waals surface area contributed by atoms with Crippen molar-refractivity contribution in [2.75, 3.05) is 13.9 Å². The highest BCUT2D eigenvalue weighted by atomic mass is 16.7. The van der Waals surface area contributed by atoms with Gasteiger partial charge in [-0.1, -0.05) is 66.7 Å². The van der Waals surface area contributed by atoms with Crippen molar-refractivity contribution in [1.29, 1.82) is 5.41 Å². The molecule has 5 N–H and O–H groups in total. The summed E-state index contributed by atoms with van der Waals surface area (Å²) < 4.78 is 18.2. The average molecular weight is 709 g/mol. The molecule has 0 saturated heterocycles. The summed E-state index contributed by atoms with van der Waals surface area (Å²) in [7, 11) is 1.35. The number of nitrogens with two attached hydrogens (primary N) is 2. The van der Waals surface area contributed by atoms with E-state index < -0.39 is 5.97 Å². The fourth-order valence-corrected chi connectivity index (χ4v) is 6.48. The number of carbonyl (C=O) groups excluding carboxylic acids is 2. The van der Waals surface area contributed by atoms with Crippen LogP contribution in [0.4, 0.5) is 0 Å². The Morgan fingerprint density at radius 1 is 0.755 bits per heavy atom. The van der Waals surface area contributed by atoms with E-state index in [-0.39, 0.29) is 18.5 Å². The number of aromatic nitrogens is 2. The predicted molar refractivity (Wildman–Crippen MR) is 202 cm³/mol. The number of hydrogen-bond acceptors (Lipinski definition) is 8. The number of aryl methyl sites for hydroxylation is 2. The van der Waals surface area contributed by atoms with Gasteiger partial charge in [-0.25, -0.2) is 9.78 Å². The first-order valence-electron chi connectivity index (χ1n) is 17.3. The van der Waals surface area contributed by atoms with Crippen molar-refractivity contribution in [2.24, 2.45) is 11.5 Å². The smallest absolute Gasteiger partial charge is 0.337 e. The molecule has 0 radical (unpaired) electrons. The Hall–Kier alpha value is -6.46. The number of nitrogens with zero attached hydrogens (tertiary/aromatic N) is 3. The summed E-state index contributed by atoms with van der Waals surface area (Å²) in [6.45, 7) is 1.87. The Morgan fingerprint density at radius 2 is 1.36 bits per heavy atom. The molecule has 0 fully saturated rings. The van der Waals surface area contributed by atoms with Crippen LogP contribution in [0.1, 0.15) is 59.9 Å². The minimum atomic E-state index is -0.416. The first-order valence-corrected chi connectivity index (χ1v) is 17.3. The number of methoxy groups -OCH3 is 1. The molecular formula is C42H40N6O5. The van der Waals surface area contributed by atoms with Crippen molar-refractivity contribution in [3.63, 3.8) is 0 Å². The summed E-state index contributed by atoms with van der Waals surface area (Å²) in [5.41, 5.74) is 19.7. The Morgan fingerprint density at radius 3 is 2.04 bits per heavy atom. The first kappa shape index (κ1) is 35.0. The standard InChI is InChI=1S/C42H40N6O5/c1-51-42(50)33-14-8-30(9-15-33)24-47(23-29-4-2-28(22-43)3-5-29)41(49)34-16-17-36-35(21-34)46-39(19-11-27-6-12-32(13-7-27)40(44)45)48(36)25-31-10-18-37-38(20-31)53-26-52-37/h2-10,12-18,20-21H,11,19,22-26,43H2,1H3,(H3,44,45). The third-order valence-corrected chi connectivity index (χ3v) is 9.42. The third-order valence-electron chi connectivity index (χ3n) is 9.42. The molecule has 1 amide bonds. The molecule has 53 heavy (non-hydrogen) atoms. The second-order valence-corrected chi connectivity index (χ2v) is 13.0. The van der Waals surface area contributed by atoms with Crippen molar-refractivity contribution in [2.45, 2.75) is 39.0 Å². The molecule has 2 heterocycles. The van der Waals surface area contributed by atoms with Gasteiger partial charge < -0.3 is 35.1 Å². The molecule has 1 aliphatic heterocycles. The van der Waals surface area contributed by atoms with Gasteiger partial charge in [0.25, 0.3) is 5.91 Å². The maximum atomic E-state index is 14.4. The highest BCUT2D eigenvalue weighted by Gasteiger charge is 2.21. The molecule has 0 saturated carbocycles. The lowest BCUT2D eigenvalue weighted by atomic mass is 10.1. The number of nitrogens with one attached hydrogen (secondary N) is 1. The summed E-state index contributed by atoms with van der Waals surface area (Å²) in [4.78, 5) is 33.3. The van der Waals surface area contributed by atoms with Gasteiger partial charge in [-0.05, 0) is 76.7 Å². The molecule has 0 spiro atoms. The largest absolute Gasteiger partial charge is 0.465 e. The number of carbonyl (C=O) groups is 2. The van der Waals surface area contributed by atoms with E-state index in [9.17, 15) is 9.59 Å². The maximum absolute atomic E-state index is 14.4. The van der Waals surface area contributed by atoms with Gasteiger partial charge in [-0.3, -0.25) is 10.2 Å². The Kier molecular flexibility index (Phi) is 10.2. The van der Waals surface area contributed by atoms with E-state index in [1.54, 1.807) is 17.0 Å². The van der Waals surface area contributed by atoms with Gasteiger partial charge in [0.05, 0.1) is 23.7 Å². The van der Waals surface area contributed by atoms with Gasteiger partial charge in [0.15, 0.2) is 11.5 Å². The van der Waals surface area contributed by atoms with Gasteiger partial charge in [0.2, 0.25) is 6.79 Å². The Labute approximate surface area is 307 Å². The van der Waals surface area contributed by atoms with Crippen LogP contribution in [0.15, 0.2) is 109 Å². The van der Waals surface area contributed by atoms with Crippen LogP contribution in [0, 0.1) is 5.41 Å². The summed E-state index contributed by atoms with van der Waals surface area (Å²) >= 11 is 0. The van der Waals surface area contributed by atoms with E-state index in [0.29, 0.717) is 60.6 Å². The number of amides is 1. The van der Waals surface area contributed by atoms with Gasteiger partial charge in [-0.2, -0.15) is 0 Å². The molecule has 268 valence electrons. The molecule has 6 aromatic rings. The van der Waals surface area contributed by atoms with Crippen molar-refractivity contribution < 1.29 is 23.8 Å². The molecule has 1 aromatic heterocycles. The van der Waals surface area contributed by atoms with E-state index in [4.69, 9.17) is 36.1 Å². The maximum Gasteiger partial charge on any atom is 0.337 e. The summed E-state index contributed by atoms with van der Waals surface area (Å²) in [5.74, 6) is 1.78. The van der Waals surface area contributed by atoms with E-state index in [1.165, 1.54) is 7.11 Å². The Balaban J connectivity index is 1.20. The van der Waals surface area contributed by atoms with Crippen LogP contribution in [-0.2, 0) is 43.8 Å². The molecular weight excluding hydrogens is 668 g/mol. The predicted octanol–water partition coefficient (Wildman–Crippen LogP) is 5.97. The minimum Gasteiger partial charge on any atom is -0.465 e. The topological polar surface area (TPSA) is 159 Å². The summed E-state index contributed by atoms with van der Waals surface area (Å²) in [6.07, 6.45) is 1.37. The first-order chi connectivity index (χ1) is 25.8. The molecule has 0 aliphatic carbocycles. The normalized spacial score (nSPS) is 11.8. The van der Waals surface area contributed by atoms with Crippen LogP contribution in [0.5, 0.6) is 11.5 Å². The highest BCUT2D eigenvalue weighted by molar-refractivity contribution is 5.97. The zero-order chi connectivity index (χ0) is 36.9. The lowest BCUT2D eigenvalue weighted by Gasteiger charge is -2.23. The van der Waals surface area contributed by atoms with Crippen LogP contribution >= 0.6 is 0 Å². The molecule has 1 aliphatic rings. The summed E-state index contributed by atoms with van der Waals surface area (Å²) in [5, 5.41) is 7.72. The molecule has 11 nitrogen and oxygen atoms in total. The number of rotatable bonds is 13. The molecule has 7 rings (SSSR count).